The Morgan fingerprint density at radius 1 is 1.24 bits per heavy atom. The molecule has 0 saturated carbocycles. The number of rotatable bonds is 7. The first kappa shape index (κ1) is 14.2. The van der Waals surface area contributed by atoms with Crippen LogP contribution in [0.4, 0.5) is 4.39 Å². The van der Waals surface area contributed by atoms with Crippen LogP contribution in [0.25, 0.3) is 0 Å². The Morgan fingerprint density at radius 3 is 2.59 bits per heavy atom. The Labute approximate surface area is 104 Å². The van der Waals surface area contributed by atoms with Gasteiger partial charge in [-0.3, -0.25) is 0 Å². The molecule has 0 fully saturated rings. The molecule has 0 aromatic heterocycles. The van der Waals surface area contributed by atoms with E-state index in [0.717, 1.165) is 31.5 Å². The third kappa shape index (κ3) is 5.83. The van der Waals surface area contributed by atoms with Crippen molar-refractivity contribution in [3.05, 3.63) is 35.6 Å². The molecule has 1 N–H and O–H groups in total. The molecule has 1 unspecified atom stereocenters. The van der Waals surface area contributed by atoms with Crippen LogP contribution in [-0.2, 0) is 6.42 Å². The van der Waals surface area contributed by atoms with Gasteiger partial charge in [0.1, 0.15) is 5.82 Å². The van der Waals surface area contributed by atoms with Gasteiger partial charge in [0.2, 0.25) is 0 Å². The molecule has 2 heteroatoms. The van der Waals surface area contributed by atoms with Crippen molar-refractivity contribution in [1.82, 2.24) is 5.32 Å². The van der Waals surface area contributed by atoms with Gasteiger partial charge >= 0.3 is 0 Å². The fourth-order valence-corrected chi connectivity index (χ4v) is 1.93. The highest BCUT2D eigenvalue weighted by Crippen LogP contribution is 2.12. The standard InChI is InChI=1S/C15H24FN/c1-4-13(11-17-10-12(2)3)8-14-6-5-7-15(16)9-14/h5-7,9,12-13,17H,4,8,10-11H2,1-3H3. The summed E-state index contributed by atoms with van der Waals surface area (Å²) in [6.07, 6.45) is 2.08. The van der Waals surface area contributed by atoms with Crippen LogP contribution in [0.5, 0.6) is 0 Å². The molecule has 17 heavy (non-hydrogen) atoms. The van der Waals surface area contributed by atoms with E-state index in [4.69, 9.17) is 0 Å². The zero-order valence-corrected chi connectivity index (χ0v) is 11.2. The number of halogens is 1. The van der Waals surface area contributed by atoms with Crippen LogP contribution in [0, 0.1) is 17.7 Å². The predicted octanol–water partition coefficient (Wildman–Crippen LogP) is 3.64. The highest BCUT2D eigenvalue weighted by atomic mass is 19.1. The van der Waals surface area contributed by atoms with E-state index in [1.165, 1.54) is 6.07 Å². The van der Waals surface area contributed by atoms with E-state index < -0.39 is 0 Å². The summed E-state index contributed by atoms with van der Waals surface area (Å²) in [6.45, 7) is 8.69. The van der Waals surface area contributed by atoms with Crippen molar-refractivity contribution in [2.24, 2.45) is 11.8 Å². The van der Waals surface area contributed by atoms with Gasteiger partial charge in [-0.25, -0.2) is 4.39 Å². The van der Waals surface area contributed by atoms with Gasteiger partial charge in [-0.05, 0) is 49.0 Å². The van der Waals surface area contributed by atoms with Crippen LogP contribution < -0.4 is 5.32 Å². The second-order valence-electron chi connectivity index (χ2n) is 5.16. The minimum atomic E-state index is -0.132. The third-order valence-corrected chi connectivity index (χ3v) is 2.98. The fraction of sp³-hybridized carbons (Fsp3) is 0.600. The van der Waals surface area contributed by atoms with Crippen molar-refractivity contribution in [1.29, 1.82) is 0 Å². The maximum atomic E-state index is 13.1. The van der Waals surface area contributed by atoms with E-state index >= 15 is 0 Å². The summed E-state index contributed by atoms with van der Waals surface area (Å²) < 4.78 is 13.1. The SMILES string of the molecule is CCC(CNCC(C)C)Cc1cccc(F)c1. The minimum absolute atomic E-state index is 0.132. The molecule has 1 aromatic rings. The van der Waals surface area contributed by atoms with Gasteiger partial charge in [-0.15, -0.1) is 0 Å². The average molecular weight is 237 g/mol. The Bertz CT molecular complexity index is 322. The van der Waals surface area contributed by atoms with Gasteiger partial charge in [0.05, 0.1) is 0 Å². The number of benzene rings is 1. The number of hydrogen-bond donors (Lipinski definition) is 1. The summed E-state index contributed by atoms with van der Waals surface area (Å²) in [5.41, 5.74) is 1.10. The maximum absolute atomic E-state index is 13.1. The lowest BCUT2D eigenvalue weighted by molar-refractivity contribution is 0.437. The fourth-order valence-electron chi connectivity index (χ4n) is 1.93. The van der Waals surface area contributed by atoms with Crippen LogP contribution in [-0.4, -0.2) is 13.1 Å². The molecule has 0 amide bonds. The van der Waals surface area contributed by atoms with E-state index in [1.807, 2.05) is 6.07 Å². The normalized spacial score (nSPS) is 13.0. The Hall–Kier alpha value is -0.890. The van der Waals surface area contributed by atoms with E-state index in [1.54, 1.807) is 12.1 Å². The van der Waals surface area contributed by atoms with Gasteiger partial charge in [0.25, 0.3) is 0 Å². The lowest BCUT2D eigenvalue weighted by atomic mass is 9.96. The van der Waals surface area contributed by atoms with Crippen LogP contribution >= 0.6 is 0 Å². The second kappa shape index (κ2) is 7.44. The monoisotopic (exact) mass is 237 g/mol. The molecule has 1 aromatic carbocycles. The molecule has 0 heterocycles. The van der Waals surface area contributed by atoms with Gasteiger partial charge in [-0.1, -0.05) is 39.3 Å². The van der Waals surface area contributed by atoms with Crippen molar-refractivity contribution in [2.75, 3.05) is 13.1 Å². The zero-order chi connectivity index (χ0) is 12.7. The lowest BCUT2D eigenvalue weighted by Gasteiger charge is -2.17. The molecule has 1 rings (SSSR count). The molecular formula is C15H24FN. The summed E-state index contributed by atoms with van der Waals surface area (Å²) in [5, 5.41) is 3.48. The minimum Gasteiger partial charge on any atom is -0.316 e. The second-order valence-corrected chi connectivity index (χ2v) is 5.16. The number of hydrogen-bond acceptors (Lipinski definition) is 1. The smallest absolute Gasteiger partial charge is 0.123 e. The van der Waals surface area contributed by atoms with Gasteiger partial charge in [0, 0.05) is 0 Å². The molecular weight excluding hydrogens is 213 g/mol. The summed E-state index contributed by atoms with van der Waals surface area (Å²) in [4.78, 5) is 0. The average Bonchev–Trinajstić information content (AvgIpc) is 2.27. The number of nitrogens with one attached hydrogen (secondary N) is 1. The molecule has 0 radical (unpaired) electrons. The molecule has 0 aliphatic heterocycles. The Morgan fingerprint density at radius 2 is 2.00 bits per heavy atom. The van der Waals surface area contributed by atoms with Crippen molar-refractivity contribution < 1.29 is 4.39 Å². The van der Waals surface area contributed by atoms with E-state index in [2.05, 4.69) is 26.1 Å². The Balaban J connectivity index is 2.41. The topological polar surface area (TPSA) is 12.0 Å². The molecule has 0 saturated heterocycles. The van der Waals surface area contributed by atoms with Crippen molar-refractivity contribution in [3.63, 3.8) is 0 Å². The van der Waals surface area contributed by atoms with Gasteiger partial charge in [0.15, 0.2) is 0 Å². The molecule has 0 aliphatic carbocycles. The summed E-state index contributed by atoms with van der Waals surface area (Å²) in [7, 11) is 0. The molecule has 1 atom stereocenters. The van der Waals surface area contributed by atoms with Crippen LogP contribution in [0.3, 0.4) is 0 Å². The molecule has 96 valence electrons. The van der Waals surface area contributed by atoms with Gasteiger partial charge in [-0.2, -0.15) is 0 Å². The first-order valence-corrected chi connectivity index (χ1v) is 6.57. The van der Waals surface area contributed by atoms with Crippen molar-refractivity contribution in [3.8, 4) is 0 Å². The maximum Gasteiger partial charge on any atom is 0.123 e. The quantitative estimate of drug-likeness (QED) is 0.763. The molecule has 1 nitrogen and oxygen atoms in total. The first-order valence-electron chi connectivity index (χ1n) is 6.57. The lowest BCUT2D eigenvalue weighted by Crippen LogP contribution is -2.27. The van der Waals surface area contributed by atoms with Gasteiger partial charge < -0.3 is 5.32 Å². The summed E-state index contributed by atoms with van der Waals surface area (Å²) >= 11 is 0. The van der Waals surface area contributed by atoms with Crippen LogP contribution in [0.2, 0.25) is 0 Å². The first-order chi connectivity index (χ1) is 8.11. The Kier molecular flexibility index (Phi) is 6.20. The van der Waals surface area contributed by atoms with E-state index in [9.17, 15) is 4.39 Å². The molecule has 0 spiro atoms. The largest absolute Gasteiger partial charge is 0.316 e. The van der Waals surface area contributed by atoms with Crippen molar-refractivity contribution >= 4 is 0 Å². The third-order valence-electron chi connectivity index (χ3n) is 2.98. The summed E-state index contributed by atoms with van der Waals surface area (Å²) in [6, 6.07) is 6.94. The van der Waals surface area contributed by atoms with Crippen LogP contribution in [0.1, 0.15) is 32.8 Å². The van der Waals surface area contributed by atoms with E-state index in [-0.39, 0.29) is 5.82 Å². The van der Waals surface area contributed by atoms with Crippen LogP contribution in [0.15, 0.2) is 24.3 Å². The summed E-state index contributed by atoms with van der Waals surface area (Å²) in [5.74, 6) is 1.14. The molecule has 0 aliphatic rings. The highest BCUT2D eigenvalue weighted by Gasteiger charge is 2.08. The van der Waals surface area contributed by atoms with E-state index in [0.29, 0.717) is 11.8 Å². The predicted molar refractivity (Wildman–Crippen MR) is 71.6 cm³/mol. The molecule has 0 bridgehead atoms. The zero-order valence-electron chi connectivity index (χ0n) is 11.2. The highest BCUT2D eigenvalue weighted by molar-refractivity contribution is 5.16. The van der Waals surface area contributed by atoms with Crippen molar-refractivity contribution in [2.45, 2.75) is 33.6 Å².